The van der Waals surface area contributed by atoms with E-state index in [-0.39, 0.29) is 11.8 Å². The molecular weight excluding hydrogens is 168 g/mol. The summed E-state index contributed by atoms with van der Waals surface area (Å²) in [7, 11) is 0. The predicted octanol–water partition coefficient (Wildman–Crippen LogP) is -0.286. The Bertz CT molecular complexity index is 206. The van der Waals surface area contributed by atoms with E-state index in [2.05, 4.69) is 12.2 Å². The van der Waals surface area contributed by atoms with Crippen LogP contribution in [-0.4, -0.2) is 36.3 Å². The highest BCUT2D eigenvalue weighted by Crippen LogP contribution is 2.20. The van der Waals surface area contributed by atoms with Gasteiger partial charge in [-0.15, -0.1) is 0 Å². The first-order valence-electron chi connectivity index (χ1n) is 4.40. The smallest absolute Gasteiger partial charge is 0.309 e. The molecule has 0 spiro atoms. The van der Waals surface area contributed by atoms with Gasteiger partial charge in [0, 0.05) is 25.0 Å². The maximum absolute atomic E-state index is 11.4. The van der Waals surface area contributed by atoms with Crippen LogP contribution in [0.4, 0.5) is 0 Å². The molecular formula is C9H14N2O2. The molecule has 0 aliphatic carbocycles. The van der Waals surface area contributed by atoms with Crippen molar-refractivity contribution in [1.82, 2.24) is 10.2 Å². The van der Waals surface area contributed by atoms with Gasteiger partial charge in [0.25, 0.3) is 0 Å². The molecule has 1 fully saturated rings. The standard InChI is InChI=1S/C9H14N2O2/c1-7(3-4-10-6-12)9(13)11-5-8(11)2/h7-8H,1,3-5H2,2H3,(H,10,12). The van der Waals surface area contributed by atoms with Crippen LogP contribution in [0, 0.1) is 12.8 Å². The third-order valence-corrected chi connectivity index (χ3v) is 2.18. The summed E-state index contributed by atoms with van der Waals surface area (Å²) in [6, 6.07) is 0.377. The molecule has 2 radical (unpaired) electrons. The molecule has 1 N–H and O–H groups in total. The molecule has 2 unspecified atom stereocenters. The summed E-state index contributed by atoms with van der Waals surface area (Å²) < 4.78 is 0. The summed E-state index contributed by atoms with van der Waals surface area (Å²) in [5.74, 6) is -0.161. The van der Waals surface area contributed by atoms with Crippen molar-refractivity contribution in [2.45, 2.75) is 19.4 Å². The Hall–Kier alpha value is -1.06. The number of amides is 2. The third-order valence-electron chi connectivity index (χ3n) is 2.18. The van der Waals surface area contributed by atoms with Gasteiger partial charge in [0.15, 0.2) is 0 Å². The van der Waals surface area contributed by atoms with Gasteiger partial charge in [-0.1, -0.05) is 0 Å². The van der Waals surface area contributed by atoms with Crippen molar-refractivity contribution in [3.63, 3.8) is 0 Å². The average Bonchev–Trinajstić information content (AvgIpc) is 2.81. The monoisotopic (exact) mass is 182 g/mol. The van der Waals surface area contributed by atoms with Crippen molar-refractivity contribution < 1.29 is 9.59 Å². The normalized spacial score (nSPS) is 22.3. The highest BCUT2D eigenvalue weighted by Gasteiger charge is 2.35. The number of carbonyl (C=O) groups excluding carboxylic acids is 2. The summed E-state index contributed by atoms with van der Waals surface area (Å²) >= 11 is 0. The van der Waals surface area contributed by atoms with Crippen LogP contribution >= 0.6 is 0 Å². The lowest BCUT2D eigenvalue weighted by molar-refractivity contribution is -0.129. The zero-order valence-electron chi connectivity index (χ0n) is 7.75. The maximum atomic E-state index is 11.4. The van der Waals surface area contributed by atoms with Crippen molar-refractivity contribution in [2.24, 2.45) is 5.92 Å². The molecule has 72 valence electrons. The van der Waals surface area contributed by atoms with Crippen LogP contribution in [0.25, 0.3) is 0 Å². The Morgan fingerprint density at radius 1 is 1.85 bits per heavy atom. The van der Waals surface area contributed by atoms with Crippen molar-refractivity contribution in [1.29, 1.82) is 0 Å². The van der Waals surface area contributed by atoms with E-state index in [1.54, 1.807) is 11.3 Å². The molecule has 0 bridgehead atoms. The van der Waals surface area contributed by atoms with Crippen LogP contribution in [0.1, 0.15) is 13.3 Å². The second kappa shape index (κ2) is 4.25. The third kappa shape index (κ3) is 2.72. The summed E-state index contributed by atoms with van der Waals surface area (Å²) in [5, 5.41) is 2.39. The van der Waals surface area contributed by atoms with Gasteiger partial charge in [0.2, 0.25) is 5.91 Å². The lowest BCUT2D eigenvalue weighted by Gasteiger charge is -2.10. The molecule has 0 aromatic heterocycles. The number of hydrogen-bond donors (Lipinski definition) is 1. The Labute approximate surface area is 78.3 Å². The van der Waals surface area contributed by atoms with Gasteiger partial charge in [0.1, 0.15) is 0 Å². The number of carbonyl (C=O) groups is 1. The predicted molar refractivity (Wildman–Crippen MR) is 48.3 cm³/mol. The topological polar surface area (TPSA) is 49.2 Å². The lowest BCUT2D eigenvalue weighted by atomic mass is 10.1. The van der Waals surface area contributed by atoms with Crippen LogP contribution < -0.4 is 5.32 Å². The zero-order valence-corrected chi connectivity index (χ0v) is 7.75. The molecule has 4 heteroatoms. The molecule has 2 atom stereocenters. The quantitative estimate of drug-likeness (QED) is 0.361. The molecule has 0 aromatic rings. The number of nitrogens with zero attached hydrogens (tertiary/aromatic N) is 1. The van der Waals surface area contributed by atoms with Crippen molar-refractivity contribution >= 4 is 12.3 Å². The maximum Gasteiger partial charge on any atom is 0.309 e. The van der Waals surface area contributed by atoms with Crippen molar-refractivity contribution in [3.05, 3.63) is 6.92 Å². The van der Waals surface area contributed by atoms with E-state index in [1.807, 2.05) is 6.92 Å². The van der Waals surface area contributed by atoms with Crippen LogP contribution in [0.15, 0.2) is 0 Å². The first-order valence-corrected chi connectivity index (χ1v) is 4.40. The van der Waals surface area contributed by atoms with Crippen LogP contribution in [0.2, 0.25) is 0 Å². The summed E-state index contributed by atoms with van der Waals surface area (Å²) in [6.45, 7) is 7.06. The van der Waals surface area contributed by atoms with Crippen LogP contribution in [0.5, 0.6) is 0 Å². The fourth-order valence-corrected chi connectivity index (χ4v) is 1.20. The van der Waals surface area contributed by atoms with E-state index in [1.165, 1.54) is 0 Å². The number of rotatable bonds is 5. The second-order valence-electron chi connectivity index (χ2n) is 3.35. The van der Waals surface area contributed by atoms with E-state index in [0.29, 0.717) is 19.0 Å². The Morgan fingerprint density at radius 3 is 2.92 bits per heavy atom. The fourth-order valence-electron chi connectivity index (χ4n) is 1.20. The highest BCUT2D eigenvalue weighted by atomic mass is 16.2. The molecule has 4 nitrogen and oxygen atoms in total. The van der Waals surface area contributed by atoms with Gasteiger partial charge in [0.05, 0.1) is 0 Å². The molecule has 1 rings (SSSR count). The van der Waals surface area contributed by atoms with Gasteiger partial charge in [-0.2, -0.15) is 0 Å². The summed E-state index contributed by atoms with van der Waals surface area (Å²) in [4.78, 5) is 23.0. The Balaban J connectivity index is 2.18. The lowest BCUT2D eigenvalue weighted by Crippen LogP contribution is -2.25. The van der Waals surface area contributed by atoms with Gasteiger partial charge in [-0.05, 0) is 20.3 Å². The minimum absolute atomic E-state index is 0.0835. The van der Waals surface area contributed by atoms with Gasteiger partial charge in [-0.3, -0.25) is 9.59 Å². The molecule has 0 saturated carbocycles. The number of nitrogens with one attached hydrogen (secondary N) is 1. The minimum Gasteiger partial charge on any atom is -0.348 e. The van der Waals surface area contributed by atoms with Gasteiger partial charge in [-0.25, -0.2) is 0 Å². The molecule has 1 saturated heterocycles. The second-order valence-corrected chi connectivity index (χ2v) is 3.35. The van der Waals surface area contributed by atoms with Gasteiger partial charge >= 0.3 is 6.41 Å². The summed E-state index contributed by atoms with van der Waals surface area (Å²) in [6.07, 6.45) is 2.14. The Kier molecular flexibility index (Phi) is 3.28. The largest absolute Gasteiger partial charge is 0.348 e. The van der Waals surface area contributed by atoms with Crippen LogP contribution in [-0.2, 0) is 9.59 Å². The molecule has 1 aliphatic heterocycles. The van der Waals surface area contributed by atoms with E-state index >= 15 is 0 Å². The molecule has 13 heavy (non-hydrogen) atoms. The zero-order chi connectivity index (χ0) is 9.84. The van der Waals surface area contributed by atoms with E-state index in [0.717, 1.165) is 6.54 Å². The molecule has 0 aromatic carbocycles. The Morgan fingerprint density at radius 2 is 2.46 bits per heavy atom. The minimum atomic E-state index is -0.245. The number of hydrogen-bond acceptors (Lipinski definition) is 2. The van der Waals surface area contributed by atoms with Gasteiger partial charge < -0.3 is 10.2 Å². The highest BCUT2D eigenvalue weighted by molar-refractivity contribution is 5.81. The first-order chi connectivity index (χ1) is 6.16. The molecule has 2 amide bonds. The average molecular weight is 182 g/mol. The van der Waals surface area contributed by atoms with Crippen molar-refractivity contribution in [2.75, 3.05) is 13.1 Å². The van der Waals surface area contributed by atoms with Crippen molar-refractivity contribution in [3.8, 4) is 0 Å². The van der Waals surface area contributed by atoms with Crippen LogP contribution in [0.3, 0.4) is 0 Å². The van der Waals surface area contributed by atoms with E-state index in [4.69, 9.17) is 0 Å². The fraction of sp³-hybridized carbons (Fsp3) is 0.667. The molecule has 1 heterocycles. The molecule has 1 aliphatic rings. The summed E-state index contributed by atoms with van der Waals surface area (Å²) in [5.41, 5.74) is 0. The first kappa shape index (κ1) is 10.0. The van der Waals surface area contributed by atoms with E-state index in [9.17, 15) is 9.59 Å². The van der Waals surface area contributed by atoms with E-state index < -0.39 is 0 Å². The SMILES string of the molecule is [CH2]C(CCN[C]=O)C(=O)N1CC1C.